The van der Waals surface area contributed by atoms with E-state index >= 15 is 0 Å². The molecule has 0 spiro atoms. The van der Waals surface area contributed by atoms with Crippen molar-refractivity contribution in [1.82, 2.24) is 0 Å². The summed E-state index contributed by atoms with van der Waals surface area (Å²) in [6.07, 6.45) is 5.74. The van der Waals surface area contributed by atoms with Gasteiger partial charge in [-0.25, -0.2) is 0 Å². The molecule has 0 aromatic carbocycles. The predicted molar refractivity (Wildman–Crippen MR) is 57.1 cm³/mol. The zero-order valence-electron chi connectivity index (χ0n) is 9.38. The summed E-state index contributed by atoms with van der Waals surface area (Å²) in [6, 6.07) is 0. The van der Waals surface area contributed by atoms with E-state index in [2.05, 4.69) is 13.8 Å². The van der Waals surface area contributed by atoms with Gasteiger partial charge in [-0.3, -0.25) is 4.79 Å². The normalized spacial score (nSPS) is 23.5. The lowest BCUT2D eigenvalue weighted by molar-refractivity contribution is -0.126. The number of Topliss-reactive ketones (excluding diaryl/α,β-unsaturated/α-hetero) is 1. The van der Waals surface area contributed by atoms with E-state index in [0.717, 1.165) is 6.42 Å². The van der Waals surface area contributed by atoms with Gasteiger partial charge < -0.3 is 5.11 Å². The Balaban J connectivity index is 2.38. The van der Waals surface area contributed by atoms with Crippen LogP contribution in [0.1, 0.15) is 58.8 Å². The van der Waals surface area contributed by atoms with Crippen LogP contribution in [0.3, 0.4) is 0 Å². The maximum atomic E-state index is 11.1. The summed E-state index contributed by atoms with van der Waals surface area (Å²) in [4.78, 5) is 11.1. The highest BCUT2D eigenvalue weighted by molar-refractivity contribution is 5.79. The van der Waals surface area contributed by atoms with Crippen molar-refractivity contribution in [3.63, 3.8) is 0 Å². The van der Waals surface area contributed by atoms with Gasteiger partial charge in [0.05, 0.1) is 5.60 Å². The monoisotopic (exact) mass is 198 g/mol. The SMILES string of the molecule is CCCC(C)CC1(O)CCC(=O)CC1. The van der Waals surface area contributed by atoms with Crippen LogP contribution in [0.5, 0.6) is 0 Å². The Morgan fingerprint density at radius 1 is 1.43 bits per heavy atom. The van der Waals surface area contributed by atoms with E-state index in [9.17, 15) is 9.90 Å². The third-order valence-corrected chi connectivity index (χ3v) is 3.25. The fourth-order valence-electron chi connectivity index (χ4n) is 2.44. The largest absolute Gasteiger partial charge is 0.390 e. The minimum Gasteiger partial charge on any atom is -0.390 e. The number of ketones is 1. The second-order valence-electron chi connectivity index (χ2n) is 4.86. The molecule has 0 radical (unpaired) electrons. The fraction of sp³-hybridized carbons (Fsp3) is 0.917. The third kappa shape index (κ3) is 3.41. The first-order valence-corrected chi connectivity index (χ1v) is 5.80. The summed E-state index contributed by atoms with van der Waals surface area (Å²) in [5, 5.41) is 10.2. The lowest BCUT2D eigenvalue weighted by atomic mass is 9.78. The topological polar surface area (TPSA) is 37.3 Å². The quantitative estimate of drug-likeness (QED) is 0.754. The summed E-state index contributed by atoms with van der Waals surface area (Å²) < 4.78 is 0. The van der Waals surface area contributed by atoms with Crippen molar-refractivity contribution in [2.75, 3.05) is 0 Å². The molecule has 0 aromatic heterocycles. The Kier molecular flexibility index (Phi) is 4.11. The molecule has 0 saturated heterocycles. The summed E-state index contributed by atoms with van der Waals surface area (Å²) in [5.74, 6) is 0.899. The van der Waals surface area contributed by atoms with Crippen LogP contribution < -0.4 is 0 Å². The number of hydrogen-bond donors (Lipinski definition) is 1. The number of carbonyl (C=O) groups excluding carboxylic acids is 1. The van der Waals surface area contributed by atoms with Crippen molar-refractivity contribution in [1.29, 1.82) is 0 Å². The van der Waals surface area contributed by atoms with Crippen LogP contribution in [0.2, 0.25) is 0 Å². The van der Waals surface area contributed by atoms with Gasteiger partial charge in [-0.05, 0) is 25.2 Å². The minimum absolute atomic E-state index is 0.317. The van der Waals surface area contributed by atoms with Crippen molar-refractivity contribution in [3.05, 3.63) is 0 Å². The third-order valence-electron chi connectivity index (χ3n) is 3.25. The van der Waals surface area contributed by atoms with Crippen LogP contribution in [-0.4, -0.2) is 16.5 Å². The van der Waals surface area contributed by atoms with Gasteiger partial charge in [-0.2, -0.15) is 0 Å². The van der Waals surface area contributed by atoms with Crippen LogP contribution in [0.4, 0.5) is 0 Å². The zero-order valence-corrected chi connectivity index (χ0v) is 9.38. The standard InChI is InChI=1S/C12H22O2/c1-3-4-10(2)9-12(14)7-5-11(13)6-8-12/h10,14H,3-9H2,1-2H3. The molecule has 0 bridgehead atoms. The molecule has 1 unspecified atom stereocenters. The van der Waals surface area contributed by atoms with E-state index < -0.39 is 5.60 Å². The first-order chi connectivity index (χ1) is 6.56. The maximum absolute atomic E-state index is 11.1. The van der Waals surface area contributed by atoms with Gasteiger partial charge in [-0.15, -0.1) is 0 Å². The molecule has 1 atom stereocenters. The molecule has 14 heavy (non-hydrogen) atoms. The van der Waals surface area contributed by atoms with Gasteiger partial charge in [0.2, 0.25) is 0 Å². The van der Waals surface area contributed by atoms with E-state index in [-0.39, 0.29) is 0 Å². The first-order valence-electron chi connectivity index (χ1n) is 5.80. The zero-order chi connectivity index (χ0) is 10.6. The van der Waals surface area contributed by atoms with Gasteiger partial charge >= 0.3 is 0 Å². The Hall–Kier alpha value is -0.370. The molecule has 0 aromatic rings. The molecule has 0 amide bonds. The Labute approximate surface area is 86.7 Å². The molecule has 2 nitrogen and oxygen atoms in total. The molecule has 1 rings (SSSR count). The summed E-state index contributed by atoms with van der Waals surface area (Å²) in [5.41, 5.74) is -0.539. The highest BCUT2D eigenvalue weighted by Crippen LogP contribution is 2.33. The molecule has 1 N–H and O–H groups in total. The van der Waals surface area contributed by atoms with Crippen molar-refractivity contribution < 1.29 is 9.90 Å². The fourth-order valence-corrected chi connectivity index (χ4v) is 2.44. The lowest BCUT2D eigenvalue weighted by Crippen LogP contribution is -2.35. The second-order valence-corrected chi connectivity index (χ2v) is 4.86. The van der Waals surface area contributed by atoms with Crippen molar-refractivity contribution in [2.24, 2.45) is 5.92 Å². The molecule has 1 fully saturated rings. The summed E-state index contributed by atoms with van der Waals surface area (Å²) in [7, 11) is 0. The Morgan fingerprint density at radius 2 is 2.00 bits per heavy atom. The van der Waals surface area contributed by atoms with E-state index in [1.165, 1.54) is 12.8 Å². The van der Waals surface area contributed by atoms with Crippen LogP contribution in [-0.2, 0) is 4.79 Å². The van der Waals surface area contributed by atoms with Crippen molar-refractivity contribution in [3.8, 4) is 0 Å². The van der Waals surface area contributed by atoms with E-state index in [1.54, 1.807) is 0 Å². The number of rotatable bonds is 4. The molecule has 1 aliphatic rings. The van der Waals surface area contributed by atoms with E-state index in [4.69, 9.17) is 0 Å². The maximum Gasteiger partial charge on any atom is 0.133 e. The number of carbonyl (C=O) groups is 1. The Bertz CT molecular complexity index is 188. The van der Waals surface area contributed by atoms with Crippen molar-refractivity contribution >= 4 is 5.78 Å². The molecule has 2 heteroatoms. The van der Waals surface area contributed by atoms with Gasteiger partial charge in [0, 0.05) is 12.8 Å². The van der Waals surface area contributed by atoms with Crippen LogP contribution in [0.15, 0.2) is 0 Å². The van der Waals surface area contributed by atoms with Crippen molar-refractivity contribution in [2.45, 2.75) is 64.4 Å². The molecule has 82 valence electrons. The van der Waals surface area contributed by atoms with Crippen LogP contribution in [0, 0.1) is 5.92 Å². The number of hydrogen-bond acceptors (Lipinski definition) is 2. The minimum atomic E-state index is -0.539. The highest BCUT2D eigenvalue weighted by Gasteiger charge is 2.33. The smallest absolute Gasteiger partial charge is 0.133 e. The molecule has 1 saturated carbocycles. The average Bonchev–Trinajstić information content (AvgIpc) is 2.11. The summed E-state index contributed by atoms with van der Waals surface area (Å²) >= 11 is 0. The second kappa shape index (κ2) is 4.92. The summed E-state index contributed by atoms with van der Waals surface area (Å²) in [6.45, 7) is 4.36. The van der Waals surface area contributed by atoms with E-state index in [1.807, 2.05) is 0 Å². The van der Waals surface area contributed by atoms with Crippen LogP contribution >= 0.6 is 0 Å². The van der Waals surface area contributed by atoms with Gasteiger partial charge in [-0.1, -0.05) is 26.7 Å². The Morgan fingerprint density at radius 3 is 2.50 bits per heavy atom. The predicted octanol–water partition coefficient (Wildman–Crippen LogP) is 2.69. The lowest BCUT2D eigenvalue weighted by Gasteiger charge is -2.33. The van der Waals surface area contributed by atoms with E-state index in [0.29, 0.717) is 37.4 Å². The number of aliphatic hydroxyl groups is 1. The van der Waals surface area contributed by atoms with Gasteiger partial charge in [0.1, 0.15) is 5.78 Å². The average molecular weight is 198 g/mol. The highest BCUT2D eigenvalue weighted by atomic mass is 16.3. The van der Waals surface area contributed by atoms with Gasteiger partial charge in [0.15, 0.2) is 0 Å². The molecular formula is C12H22O2. The van der Waals surface area contributed by atoms with Gasteiger partial charge in [0.25, 0.3) is 0 Å². The molecule has 0 aliphatic heterocycles. The molecule has 1 aliphatic carbocycles. The van der Waals surface area contributed by atoms with Crippen LogP contribution in [0.25, 0.3) is 0 Å². The molecule has 0 heterocycles. The first kappa shape index (κ1) is 11.7. The molecular weight excluding hydrogens is 176 g/mol.